The Kier molecular flexibility index (Phi) is 10.9. The number of carbonyl (C=O) groups is 3. The molecule has 0 aliphatic carbocycles. The van der Waals surface area contributed by atoms with Crippen LogP contribution in [0.4, 0.5) is 0 Å². The van der Waals surface area contributed by atoms with Gasteiger partial charge in [0.1, 0.15) is 34.4 Å². The first-order chi connectivity index (χ1) is 23.5. The number of methoxy groups -OCH3 is 2. The largest absolute Gasteiger partial charge is 0.499 e. The van der Waals surface area contributed by atoms with Crippen LogP contribution in [-0.2, 0) is 32.7 Å². The maximum atomic E-state index is 13.8. The van der Waals surface area contributed by atoms with Crippen LogP contribution in [0.5, 0.6) is 17.2 Å². The molecule has 0 aromatic heterocycles. The Balaban J connectivity index is 0.000000585. The van der Waals surface area contributed by atoms with Crippen LogP contribution in [0.3, 0.4) is 0 Å². The fourth-order valence-electron chi connectivity index (χ4n) is 5.01. The molecule has 0 spiro atoms. The Morgan fingerprint density at radius 1 is 0.837 bits per heavy atom. The highest BCUT2D eigenvalue weighted by Crippen LogP contribution is 2.41. The number of nitrogens with one attached hydrogen (secondary N) is 1. The minimum atomic E-state index is -4.07. The lowest BCUT2D eigenvalue weighted by Gasteiger charge is -2.46. The molecule has 254 valence electrons. The lowest BCUT2D eigenvalue weighted by Crippen LogP contribution is -2.69. The summed E-state index contributed by atoms with van der Waals surface area (Å²) >= 11 is 0. The van der Waals surface area contributed by atoms with E-state index in [2.05, 4.69) is 5.32 Å². The van der Waals surface area contributed by atoms with Crippen LogP contribution in [0.2, 0.25) is 0 Å². The molecule has 0 radical (unpaired) electrons. The first-order valence-corrected chi connectivity index (χ1v) is 17.9. The van der Waals surface area contributed by atoms with Gasteiger partial charge in [-0.15, -0.1) is 0 Å². The fraction of sp³-hybridized carbons (Fsp3) is 0.194. The zero-order valence-corrected chi connectivity index (χ0v) is 28.7. The van der Waals surface area contributed by atoms with Gasteiger partial charge in [-0.1, -0.05) is 66.7 Å². The van der Waals surface area contributed by atoms with Crippen molar-refractivity contribution in [3.8, 4) is 17.2 Å². The van der Waals surface area contributed by atoms with Crippen molar-refractivity contribution < 1.29 is 41.7 Å². The second kappa shape index (κ2) is 15.3. The molecule has 4 aromatic carbocycles. The van der Waals surface area contributed by atoms with Crippen molar-refractivity contribution in [3.05, 3.63) is 132 Å². The molecule has 2 bridgehead atoms. The lowest BCUT2D eigenvalue weighted by atomic mass is 10.0. The van der Waals surface area contributed by atoms with Gasteiger partial charge in [0.05, 0.1) is 19.1 Å². The highest BCUT2D eigenvalue weighted by Gasteiger charge is 2.54. The number of β-lactam (4-membered cyclic amide) rings is 1. The number of esters is 1. The van der Waals surface area contributed by atoms with Crippen LogP contribution in [0, 0.1) is 0 Å². The molecule has 3 heterocycles. The van der Waals surface area contributed by atoms with Crippen LogP contribution in [-0.4, -0.2) is 56.7 Å². The first-order valence-electron chi connectivity index (χ1n) is 15.0. The third kappa shape index (κ3) is 8.07. The van der Waals surface area contributed by atoms with Crippen molar-refractivity contribution in [2.75, 3.05) is 14.2 Å². The number of hydrogen-bond donors (Lipinski definition) is 1. The second-order valence-corrected chi connectivity index (χ2v) is 14.7. The normalized spacial score (nSPS) is 16.4. The molecule has 11 nitrogen and oxygen atoms in total. The molecule has 13 heteroatoms. The number of rotatable bonds is 11. The van der Waals surface area contributed by atoms with E-state index in [9.17, 15) is 22.8 Å². The topological polar surface area (TPSA) is 138 Å². The van der Waals surface area contributed by atoms with Crippen molar-refractivity contribution in [3.63, 3.8) is 0 Å². The minimum Gasteiger partial charge on any atom is -0.499 e. The Morgan fingerprint density at radius 3 is 1.82 bits per heavy atom. The third-order valence-electron chi connectivity index (χ3n) is 7.52. The van der Waals surface area contributed by atoms with E-state index >= 15 is 0 Å². The van der Waals surface area contributed by atoms with Crippen LogP contribution in [0.25, 0.3) is 0 Å². The fourth-order valence-corrected chi connectivity index (χ4v) is 8.48. The summed E-state index contributed by atoms with van der Waals surface area (Å²) in [5, 5.41) is 1.29. The summed E-state index contributed by atoms with van der Waals surface area (Å²) in [5.74, 6) is 0.328. The third-order valence-corrected chi connectivity index (χ3v) is 11.2. The number of allylic oxidation sites excluding steroid dienone is 1. The van der Waals surface area contributed by atoms with Gasteiger partial charge >= 0.3 is 5.97 Å². The van der Waals surface area contributed by atoms with Crippen LogP contribution >= 0.6 is 10.8 Å². The number of carbonyl (C=O) groups excluding carboxylic acids is 3. The van der Waals surface area contributed by atoms with E-state index in [1.165, 1.54) is 52.3 Å². The van der Waals surface area contributed by atoms with Gasteiger partial charge in [-0.3, -0.25) is 14.5 Å². The Morgan fingerprint density at radius 2 is 1.39 bits per heavy atom. The number of benzene rings is 4. The maximum absolute atomic E-state index is 13.8. The molecule has 1 N–H and O–H groups in total. The van der Waals surface area contributed by atoms with E-state index in [1.807, 2.05) is 60.7 Å². The molecule has 3 aliphatic rings. The van der Waals surface area contributed by atoms with E-state index in [0.29, 0.717) is 27.7 Å². The summed E-state index contributed by atoms with van der Waals surface area (Å²) in [6.45, 7) is 2.68. The molecular weight excluding hydrogens is 669 g/mol. The summed E-state index contributed by atoms with van der Waals surface area (Å²) < 4.78 is 48.3. The monoisotopic (exact) mass is 702 g/mol. The van der Waals surface area contributed by atoms with E-state index in [0.717, 1.165) is 16.4 Å². The molecule has 2 atom stereocenters. The van der Waals surface area contributed by atoms with Crippen molar-refractivity contribution in [2.45, 2.75) is 36.3 Å². The molecule has 0 saturated carbocycles. The standard InChI is InChI=1S/C30H30N2O8S2.C6H4O/c1-19(38-3)26(30(35)40-27(21-11-7-5-8-12-21)22-13-9-6-10-14-22)32-28(34)25(31-20(2)33)29(32)41-42(36,37)24-17-15-23(39-4)16-18-24;1-2-5-4-6(3-1)7-5/h5-18,25,27,29H,1-4H3,(H,31,33);1-4H. The van der Waals surface area contributed by atoms with E-state index in [1.54, 1.807) is 24.3 Å². The molecule has 2 amide bonds. The SMILES string of the molecule is COC(C)=C(C(=O)OC(c1ccccc1)c1ccccc1)N1C(=O)C(NC(C)=O)C1SS(=O)(=O)c1ccc(OC)cc1.c1cc2cc(c1)O2. The molecule has 1 saturated heterocycles. The summed E-state index contributed by atoms with van der Waals surface area (Å²) in [4.78, 5) is 40.1. The Hall–Kier alpha value is -5.27. The summed E-state index contributed by atoms with van der Waals surface area (Å²) in [6, 6.07) is 30.5. The smallest absolute Gasteiger partial charge is 0.359 e. The number of fused-ring (bicyclic) bond motifs is 2. The van der Waals surface area contributed by atoms with Gasteiger partial charge in [0.2, 0.25) is 14.8 Å². The predicted octanol–water partition coefficient (Wildman–Crippen LogP) is 5.79. The highest BCUT2D eigenvalue weighted by atomic mass is 33.1. The van der Waals surface area contributed by atoms with Gasteiger partial charge in [0, 0.05) is 23.8 Å². The number of likely N-dealkylation sites (tertiary alicyclic amines) is 1. The molecule has 1 fully saturated rings. The van der Waals surface area contributed by atoms with Crippen molar-refractivity contribution in [2.24, 2.45) is 0 Å². The molecular formula is C36H34N2O9S2. The molecule has 3 aliphatic heterocycles. The van der Waals surface area contributed by atoms with Crippen LogP contribution in [0.1, 0.15) is 31.1 Å². The molecule has 2 unspecified atom stereocenters. The van der Waals surface area contributed by atoms with E-state index < -0.39 is 44.2 Å². The average molecular weight is 703 g/mol. The zero-order chi connectivity index (χ0) is 35.1. The van der Waals surface area contributed by atoms with Gasteiger partial charge in [0.25, 0.3) is 5.91 Å². The minimum absolute atomic E-state index is 0.0296. The predicted molar refractivity (Wildman–Crippen MR) is 183 cm³/mol. The molecule has 49 heavy (non-hydrogen) atoms. The summed E-state index contributed by atoms with van der Waals surface area (Å²) in [7, 11) is -0.866. The van der Waals surface area contributed by atoms with Gasteiger partial charge in [0.15, 0.2) is 11.8 Å². The van der Waals surface area contributed by atoms with Crippen molar-refractivity contribution in [1.82, 2.24) is 10.2 Å². The number of hydrogen-bond acceptors (Lipinski definition) is 10. The molecule has 4 aromatic rings. The van der Waals surface area contributed by atoms with Gasteiger partial charge in [-0.2, -0.15) is 0 Å². The first kappa shape index (κ1) is 35.0. The van der Waals surface area contributed by atoms with Gasteiger partial charge in [-0.05, 0) is 54.4 Å². The Labute approximate surface area is 288 Å². The van der Waals surface area contributed by atoms with Crippen molar-refractivity contribution >= 4 is 37.4 Å². The summed E-state index contributed by atoms with van der Waals surface area (Å²) in [5.41, 5.74) is 1.10. The number of amides is 2. The number of ether oxygens (including phenoxy) is 4. The van der Waals surface area contributed by atoms with Gasteiger partial charge in [-0.25, -0.2) is 13.2 Å². The quantitative estimate of drug-likeness (QED) is 0.0592. The number of nitrogens with zero attached hydrogens (tertiary/aromatic N) is 1. The lowest BCUT2D eigenvalue weighted by molar-refractivity contribution is -0.154. The van der Waals surface area contributed by atoms with Crippen LogP contribution in [0.15, 0.2) is 126 Å². The van der Waals surface area contributed by atoms with Crippen molar-refractivity contribution in [1.29, 1.82) is 0 Å². The Bertz CT molecular complexity index is 1890. The highest BCUT2D eigenvalue weighted by molar-refractivity contribution is 8.72. The van der Waals surface area contributed by atoms with Gasteiger partial charge < -0.3 is 24.3 Å². The molecule has 7 rings (SSSR count). The van der Waals surface area contributed by atoms with E-state index in [-0.39, 0.29) is 16.4 Å². The van der Waals surface area contributed by atoms with Crippen LogP contribution < -0.4 is 14.8 Å². The average Bonchev–Trinajstić information content (AvgIpc) is 3.11. The zero-order valence-electron chi connectivity index (χ0n) is 27.1. The summed E-state index contributed by atoms with van der Waals surface area (Å²) in [6.07, 6.45) is -0.837. The maximum Gasteiger partial charge on any atom is 0.359 e. The van der Waals surface area contributed by atoms with E-state index in [4.69, 9.17) is 18.9 Å². The second-order valence-electron chi connectivity index (χ2n) is 10.8.